The summed E-state index contributed by atoms with van der Waals surface area (Å²) in [5.74, 6) is 2.78. The summed E-state index contributed by atoms with van der Waals surface area (Å²) >= 11 is 0. The van der Waals surface area contributed by atoms with Gasteiger partial charge in [-0.3, -0.25) is 4.90 Å². The minimum absolute atomic E-state index is 0.592. The third kappa shape index (κ3) is 4.75. The van der Waals surface area contributed by atoms with Crippen LogP contribution in [0, 0.1) is 6.92 Å². The summed E-state index contributed by atoms with van der Waals surface area (Å²) < 4.78 is 2.27. The van der Waals surface area contributed by atoms with Crippen LogP contribution in [-0.2, 0) is 13.1 Å². The summed E-state index contributed by atoms with van der Waals surface area (Å²) in [5.41, 5.74) is 1.26. The summed E-state index contributed by atoms with van der Waals surface area (Å²) in [6.45, 7) is 5.32. The molecule has 0 bridgehead atoms. The average molecular weight is 368 g/mol. The molecule has 2 fully saturated rings. The van der Waals surface area contributed by atoms with Gasteiger partial charge in [-0.1, -0.05) is 25.7 Å². The van der Waals surface area contributed by atoms with E-state index >= 15 is 0 Å². The molecule has 1 saturated carbocycles. The van der Waals surface area contributed by atoms with Crippen molar-refractivity contribution in [1.82, 2.24) is 24.4 Å². The van der Waals surface area contributed by atoms with Crippen molar-refractivity contribution in [2.45, 2.75) is 89.8 Å². The number of rotatable bonds is 6. The first-order chi connectivity index (χ1) is 13.3. The molecule has 5 nitrogen and oxygen atoms in total. The Hall–Kier alpha value is -1.75. The minimum Gasteiger partial charge on any atom is -0.335 e. The summed E-state index contributed by atoms with van der Waals surface area (Å²) in [7, 11) is 0. The van der Waals surface area contributed by atoms with Crippen molar-refractivity contribution < 1.29 is 0 Å². The van der Waals surface area contributed by atoms with Crippen molar-refractivity contribution in [2.75, 3.05) is 6.54 Å². The van der Waals surface area contributed by atoms with E-state index in [2.05, 4.69) is 40.0 Å². The highest BCUT2D eigenvalue weighted by molar-refractivity contribution is 5.08. The third-order valence-corrected chi connectivity index (χ3v) is 6.46. The summed E-state index contributed by atoms with van der Waals surface area (Å²) in [6, 6.07) is 0.651. The van der Waals surface area contributed by atoms with Gasteiger partial charge in [0.25, 0.3) is 0 Å². The quantitative estimate of drug-likeness (QED) is 0.755. The van der Waals surface area contributed by atoms with Gasteiger partial charge in [-0.15, -0.1) is 0 Å². The predicted octanol–water partition coefficient (Wildman–Crippen LogP) is 4.47. The molecule has 2 aliphatic rings. The summed E-state index contributed by atoms with van der Waals surface area (Å²) in [5, 5.41) is 0. The third-order valence-electron chi connectivity index (χ3n) is 6.46. The lowest BCUT2D eigenvalue weighted by molar-refractivity contribution is 0.128. The van der Waals surface area contributed by atoms with Gasteiger partial charge in [0.15, 0.2) is 0 Å². The van der Waals surface area contributed by atoms with Crippen molar-refractivity contribution in [3.63, 3.8) is 0 Å². The van der Waals surface area contributed by atoms with E-state index in [4.69, 9.17) is 9.97 Å². The van der Waals surface area contributed by atoms with E-state index in [0.29, 0.717) is 12.0 Å². The maximum Gasteiger partial charge on any atom is 0.131 e. The molecule has 0 aromatic carbocycles. The van der Waals surface area contributed by atoms with Gasteiger partial charge in [0, 0.05) is 55.4 Å². The number of hydrogen-bond acceptors (Lipinski definition) is 4. The lowest BCUT2D eigenvalue weighted by Gasteiger charge is -2.36. The fourth-order valence-corrected chi connectivity index (χ4v) is 4.78. The van der Waals surface area contributed by atoms with Gasteiger partial charge in [-0.25, -0.2) is 15.0 Å². The first-order valence-electron chi connectivity index (χ1n) is 10.8. The highest BCUT2D eigenvalue weighted by Gasteiger charge is 2.23. The SMILES string of the molecule is Cc1nccn1CC[C@H]1CCCCN1Cc1cnc(C2CCCCC2)nc1. The number of aromatic nitrogens is 4. The van der Waals surface area contributed by atoms with E-state index in [1.807, 2.05) is 6.20 Å². The Morgan fingerprint density at radius 1 is 0.963 bits per heavy atom. The largest absolute Gasteiger partial charge is 0.335 e. The lowest BCUT2D eigenvalue weighted by Crippen LogP contribution is -2.39. The number of piperidine rings is 1. The van der Waals surface area contributed by atoms with Crippen molar-refractivity contribution in [2.24, 2.45) is 0 Å². The Balaban J connectivity index is 1.35. The van der Waals surface area contributed by atoms with Gasteiger partial charge in [0.05, 0.1) is 0 Å². The van der Waals surface area contributed by atoms with E-state index in [1.54, 1.807) is 0 Å². The molecule has 0 N–H and O–H groups in total. The van der Waals surface area contributed by atoms with Crippen molar-refractivity contribution in [3.05, 3.63) is 42.0 Å². The van der Waals surface area contributed by atoms with Crippen LogP contribution in [0.5, 0.6) is 0 Å². The molecule has 0 unspecified atom stereocenters. The fourth-order valence-electron chi connectivity index (χ4n) is 4.78. The molecule has 146 valence electrons. The zero-order valence-electron chi connectivity index (χ0n) is 16.7. The zero-order valence-corrected chi connectivity index (χ0v) is 16.7. The van der Waals surface area contributed by atoms with Gasteiger partial charge >= 0.3 is 0 Å². The standard InChI is InChI=1S/C22H33N5/c1-18-23-11-14-26(18)13-10-21-9-5-6-12-27(21)17-19-15-24-22(25-16-19)20-7-3-2-4-8-20/h11,14-16,20-21H,2-10,12-13,17H2,1H3/t21-/m1/s1. The number of likely N-dealkylation sites (tertiary alicyclic amines) is 1. The molecule has 2 aromatic rings. The Kier molecular flexibility index (Phi) is 6.17. The maximum absolute atomic E-state index is 4.74. The van der Waals surface area contributed by atoms with Gasteiger partial charge in [0.1, 0.15) is 11.6 Å². The predicted molar refractivity (Wildman–Crippen MR) is 107 cm³/mol. The topological polar surface area (TPSA) is 46.8 Å². The minimum atomic E-state index is 0.592. The molecular formula is C22H33N5. The monoisotopic (exact) mass is 367 g/mol. The smallest absolute Gasteiger partial charge is 0.131 e. The summed E-state index contributed by atoms with van der Waals surface area (Å²) in [4.78, 5) is 16.5. The van der Waals surface area contributed by atoms with Crippen molar-refractivity contribution in [3.8, 4) is 0 Å². The highest BCUT2D eigenvalue weighted by atomic mass is 15.2. The molecule has 1 saturated heterocycles. The van der Waals surface area contributed by atoms with Crippen LogP contribution in [0.4, 0.5) is 0 Å². The lowest BCUT2D eigenvalue weighted by atomic mass is 9.89. The highest BCUT2D eigenvalue weighted by Crippen LogP contribution is 2.30. The molecule has 27 heavy (non-hydrogen) atoms. The van der Waals surface area contributed by atoms with Crippen LogP contribution >= 0.6 is 0 Å². The first kappa shape index (κ1) is 18.6. The molecule has 1 aliphatic heterocycles. The molecule has 1 aliphatic carbocycles. The van der Waals surface area contributed by atoms with Gasteiger partial charge in [-0.05, 0) is 45.6 Å². The molecule has 5 heteroatoms. The van der Waals surface area contributed by atoms with Crippen LogP contribution in [0.2, 0.25) is 0 Å². The molecule has 1 atom stereocenters. The number of aryl methyl sites for hydroxylation is 2. The Morgan fingerprint density at radius 2 is 1.74 bits per heavy atom. The van der Waals surface area contributed by atoms with E-state index in [1.165, 1.54) is 69.9 Å². The van der Waals surface area contributed by atoms with E-state index in [0.717, 1.165) is 24.7 Å². The van der Waals surface area contributed by atoms with E-state index < -0.39 is 0 Å². The Labute approximate surface area is 163 Å². The number of hydrogen-bond donors (Lipinski definition) is 0. The second-order valence-electron chi connectivity index (χ2n) is 8.36. The second-order valence-corrected chi connectivity index (χ2v) is 8.36. The molecule has 0 amide bonds. The molecule has 3 heterocycles. The molecule has 0 spiro atoms. The van der Waals surface area contributed by atoms with Crippen LogP contribution < -0.4 is 0 Å². The van der Waals surface area contributed by atoms with Gasteiger partial charge in [0.2, 0.25) is 0 Å². The van der Waals surface area contributed by atoms with E-state index in [9.17, 15) is 0 Å². The van der Waals surface area contributed by atoms with Crippen LogP contribution in [0.1, 0.15) is 80.9 Å². The molecule has 2 aromatic heterocycles. The molecular weight excluding hydrogens is 334 g/mol. The number of imidazole rings is 1. The maximum atomic E-state index is 4.74. The normalized spacial score (nSPS) is 22.2. The van der Waals surface area contributed by atoms with Gasteiger partial charge in [-0.2, -0.15) is 0 Å². The molecule has 0 radical (unpaired) electrons. The van der Waals surface area contributed by atoms with Crippen LogP contribution in [0.15, 0.2) is 24.8 Å². The average Bonchev–Trinajstić information content (AvgIpc) is 3.13. The second kappa shape index (κ2) is 8.96. The number of nitrogens with zero attached hydrogens (tertiary/aromatic N) is 5. The Morgan fingerprint density at radius 3 is 2.48 bits per heavy atom. The van der Waals surface area contributed by atoms with Crippen molar-refractivity contribution in [1.29, 1.82) is 0 Å². The van der Waals surface area contributed by atoms with Crippen LogP contribution in [-0.4, -0.2) is 37.0 Å². The van der Waals surface area contributed by atoms with Gasteiger partial charge < -0.3 is 4.57 Å². The van der Waals surface area contributed by atoms with Crippen molar-refractivity contribution >= 4 is 0 Å². The first-order valence-corrected chi connectivity index (χ1v) is 10.8. The molecule has 4 rings (SSSR count). The van der Waals surface area contributed by atoms with Crippen LogP contribution in [0.3, 0.4) is 0 Å². The summed E-state index contributed by atoms with van der Waals surface area (Å²) in [6.07, 6.45) is 19.9. The van der Waals surface area contributed by atoms with Crippen LogP contribution in [0.25, 0.3) is 0 Å². The Bertz CT molecular complexity index is 702. The fraction of sp³-hybridized carbons (Fsp3) is 0.682. The van der Waals surface area contributed by atoms with E-state index in [-0.39, 0.29) is 0 Å². The zero-order chi connectivity index (χ0) is 18.5.